The van der Waals surface area contributed by atoms with Crippen molar-refractivity contribution < 1.29 is 19.3 Å². The van der Waals surface area contributed by atoms with Crippen molar-refractivity contribution in [1.29, 1.82) is 0 Å². The zero-order valence-electron chi connectivity index (χ0n) is 10.3. The third kappa shape index (κ3) is 2.96. The molecule has 1 aromatic carbocycles. The van der Waals surface area contributed by atoms with Crippen molar-refractivity contribution >= 4 is 11.4 Å². The Hall–Kier alpha value is -1.66. The monoisotopic (exact) mass is 254 g/mol. The molecule has 0 amide bonds. The molecule has 0 fully saturated rings. The molecule has 0 radical (unpaired) electrons. The number of fused-ring (bicyclic) bond motifs is 1. The average molecular weight is 254 g/mol. The van der Waals surface area contributed by atoms with E-state index in [1.165, 1.54) is 0 Å². The van der Waals surface area contributed by atoms with Gasteiger partial charge < -0.3 is 30.4 Å². The Morgan fingerprint density at radius 1 is 1.39 bits per heavy atom. The summed E-state index contributed by atoms with van der Waals surface area (Å²) in [4.78, 5) is 0. The minimum atomic E-state index is -0.581. The van der Waals surface area contributed by atoms with Gasteiger partial charge in [-0.1, -0.05) is 0 Å². The first-order chi connectivity index (χ1) is 8.70. The van der Waals surface area contributed by atoms with Gasteiger partial charge in [0.2, 0.25) is 0 Å². The van der Waals surface area contributed by atoms with Gasteiger partial charge in [-0.2, -0.15) is 0 Å². The third-order valence-corrected chi connectivity index (χ3v) is 2.60. The van der Waals surface area contributed by atoms with Crippen molar-refractivity contribution in [1.82, 2.24) is 0 Å². The number of ether oxygens (including phenoxy) is 3. The topological polar surface area (TPSA) is 86.0 Å². The molecule has 0 saturated carbocycles. The molecular formula is C12H18N2O4. The SMILES string of the molecule is COCC(O)CNc1cc2c(cc1N)OCCO2. The van der Waals surface area contributed by atoms with Crippen LogP contribution in [0.5, 0.6) is 11.5 Å². The van der Waals surface area contributed by atoms with Gasteiger partial charge in [0, 0.05) is 25.8 Å². The maximum atomic E-state index is 9.56. The summed E-state index contributed by atoms with van der Waals surface area (Å²) in [6.07, 6.45) is -0.581. The Balaban J connectivity index is 2.04. The highest BCUT2D eigenvalue weighted by Crippen LogP contribution is 2.36. The number of rotatable bonds is 5. The van der Waals surface area contributed by atoms with Gasteiger partial charge in [-0.15, -0.1) is 0 Å². The Morgan fingerprint density at radius 2 is 2.06 bits per heavy atom. The van der Waals surface area contributed by atoms with Crippen LogP contribution in [0.25, 0.3) is 0 Å². The number of aliphatic hydroxyl groups is 1. The number of methoxy groups -OCH3 is 1. The van der Waals surface area contributed by atoms with Gasteiger partial charge in [0.15, 0.2) is 11.5 Å². The van der Waals surface area contributed by atoms with Crippen molar-refractivity contribution in [2.45, 2.75) is 6.10 Å². The van der Waals surface area contributed by atoms with E-state index in [4.69, 9.17) is 19.9 Å². The quantitative estimate of drug-likeness (QED) is 0.662. The minimum Gasteiger partial charge on any atom is -0.486 e. The molecule has 1 atom stereocenters. The highest BCUT2D eigenvalue weighted by Gasteiger charge is 2.15. The van der Waals surface area contributed by atoms with E-state index in [1.807, 2.05) is 0 Å². The molecule has 0 aliphatic carbocycles. The summed E-state index contributed by atoms with van der Waals surface area (Å²) in [5.74, 6) is 1.32. The van der Waals surface area contributed by atoms with Gasteiger partial charge in [-0.25, -0.2) is 0 Å². The van der Waals surface area contributed by atoms with E-state index < -0.39 is 6.10 Å². The summed E-state index contributed by atoms with van der Waals surface area (Å²) < 4.78 is 15.7. The lowest BCUT2D eigenvalue weighted by Gasteiger charge is -2.21. The predicted octanol–water partition coefficient (Wildman–Crippen LogP) is 0.459. The van der Waals surface area contributed by atoms with Gasteiger partial charge in [0.25, 0.3) is 0 Å². The average Bonchev–Trinajstić information content (AvgIpc) is 2.36. The van der Waals surface area contributed by atoms with Crippen LogP contribution >= 0.6 is 0 Å². The zero-order chi connectivity index (χ0) is 13.0. The first-order valence-corrected chi connectivity index (χ1v) is 5.80. The molecule has 0 saturated heterocycles. The third-order valence-electron chi connectivity index (χ3n) is 2.60. The summed E-state index contributed by atoms with van der Waals surface area (Å²) in [6.45, 7) is 1.70. The molecule has 4 N–H and O–H groups in total. The van der Waals surface area contributed by atoms with Crippen LogP contribution in [-0.4, -0.2) is 44.7 Å². The number of benzene rings is 1. The van der Waals surface area contributed by atoms with Crippen LogP contribution in [0.2, 0.25) is 0 Å². The number of hydrogen-bond acceptors (Lipinski definition) is 6. The molecular weight excluding hydrogens is 236 g/mol. The molecule has 0 bridgehead atoms. The summed E-state index contributed by atoms with van der Waals surface area (Å²) in [5.41, 5.74) is 7.17. The molecule has 6 heteroatoms. The van der Waals surface area contributed by atoms with E-state index in [0.717, 1.165) is 5.69 Å². The van der Waals surface area contributed by atoms with E-state index >= 15 is 0 Å². The maximum absolute atomic E-state index is 9.56. The molecule has 0 spiro atoms. The molecule has 6 nitrogen and oxygen atoms in total. The van der Waals surface area contributed by atoms with Crippen molar-refractivity contribution in [3.8, 4) is 11.5 Å². The fourth-order valence-electron chi connectivity index (χ4n) is 1.74. The highest BCUT2D eigenvalue weighted by molar-refractivity contribution is 5.72. The first kappa shape index (κ1) is 12.8. The van der Waals surface area contributed by atoms with Crippen LogP contribution in [0.3, 0.4) is 0 Å². The largest absolute Gasteiger partial charge is 0.486 e. The summed E-state index contributed by atoms with van der Waals surface area (Å²) in [7, 11) is 1.54. The lowest BCUT2D eigenvalue weighted by atomic mass is 10.2. The Morgan fingerprint density at radius 3 is 2.72 bits per heavy atom. The van der Waals surface area contributed by atoms with Crippen LogP contribution in [0.15, 0.2) is 12.1 Å². The molecule has 100 valence electrons. The second-order valence-corrected chi connectivity index (χ2v) is 4.07. The van der Waals surface area contributed by atoms with Crippen molar-refractivity contribution in [2.24, 2.45) is 0 Å². The molecule has 0 aromatic heterocycles. The molecule has 1 aromatic rings. The molecule has 1 aliphatic heterocycles. The van der Waals surface area contributed by atoms with Crippen LogP contribution in [0.4, 0.5) is 11.4 Å². The number of nitrogens with two attached hydrogens (primary N) is 1. The fraction of sp³-hybridized carbons (Fsp3) is 0.500. The smallest absolute Gasteiger partial charge is 0.163 e. The standard InChI is InChI=1S/C12H18N2O4/c1-16-7-8(15)6-14-10-5-12-11(4-9(10)13)17-2-3-18-12/h4-5,8,14-15H,2-3,6-7,13H2,1H3. The number of aliphatic hydroxyl groups excluding tert-OH is 1. The molecule has 1 unspecified atom stereocenters. The van der Waals surface area contributed by atoms with Gasteiger partial charge >= 0.3 is 0 Å². The van der Waals surface area contributed by atoms with Crippen molar-refractivity contribution in [2.75, 3.05) is 44.5 Å². The Labute approximate surface area is 106 Å². The fourth-order valence-corrected chi connectivity index (χ4v) is 1.74. The Kier molecular flexibility index (Phi) is 4.11. The number of nitrogens with one attached hydrogen (secondary N) is 1. The zero-order valence-corrected chi connectivity index (χ0v) is 10.3. The van der Waals surface area contributed by atoms with E-state index in [2.05, 4.69) is 5.32 Å². The lowest BCUT2D eigenvalue weighted by molar-refractivity contribution is 0.0727. The lowest BCUT2D eigenvalue weighted by Crippen LogP contribution is -2.24. The first-order valence-electron chi connectivity index (χ1n) is 5.80. The van der Waals surface area contributed by atoms with E-state index in [9.17, 15) is 5.11 Å². The second-order valence-electron chi connectivity index (χ2n) is 4.07. The van der Waals surface area contributed by atoms with Crippen molar-refractivity contribution in [3.05, 3.63) is 12.1 Å². The van der Waals surface area contributed by atoms with Crippen LogP contribution in [0, 0.1) is 0 Å². The molecule has 1 aliphatic rings. The second kappa shape index (κ2) is 5.79. The van der Waals surface area contributed by atoms with Gasteiger partial charge in [0.05, 0.1) is 24.1 Å². The van der Waals surface area contributed by atoms with Crippen LogP contribution in [0.1, 0.15) is 0 Å². The van der Waals surface area contributed by atoms with Crippen molar-refractivity contribution in [3.63, 3.8) is 0 Å². The molecule has 18 heavy (non-hydrogen) atoms. The van der Waals surface area contributed by atoms with Gasteiger partial charge in [-0.05, 0) is 0 Å². The van der Waals surface area contributed by atoms with Gasteiger partial charge in [0.1, 0.15) is 13.2 Å². The van der Waals surface area contributed by atoms with Crippen LogP contribution < -0.4 is 20.5 Å². The minimum absolute atomic E-state index is 0.275. The Bertz CT molecular complexity index is 411. The van der Waals surface area contributed by atoms with Gasteiger partial charge in [-0.3, -0.25) is 0 Å². The summed E-state index contributed by atoms with van der Waals surface area (Å²) in [5, 5.41) is 12.6. The number of hydrogen-bond donors (Lipinski definition) is 3. The maximum Gasteiger partial charge on any atom is 0.163 e. The highest BCUT2D eigenvalue weighted by atomic mass is 16.6. The number of anilines is 2. The molecule has 2 rings (SSSR count). The van der Waals surface area contributed by atoms with E-state index in [1.54, 1.807) is 19.2 Å². The van der Waals surface area contributed by atoms with E-state index in [-0.39, 0.29) is 6.61 Å². The van der Waals surface area contributed by atoms with E-state index in [0.29, 0.717) is 36.9 Å². The summed E-state index contributed by atoms with van der Waals surface area (Å²) >= 11 is 0. The predicted molar refractivity (Wildman–Crippen MR) is 68.2 cm³/mol. The summed E-state index contributed by atoms with van der Waals surface area (Å²) in [6, 6.07) is 3.50. The van der Waals surface area contributed by atoms with Crippen LogP contribution in [-0.2, 0) is 4.74 Å². The molecule has 1 heterocycles. The number of nitrogen functional groups attached to an aromatic ring is 1. The normalized spacial score (nSPS) is 15.2.